The largest absolute Gasteiger partial charge is 0.324 e. The lowest BCUT2D eigenvalue weighted by Crippen LogP contribution is -2.23. The van der Waals surface area contributed by atoms with Crippen molar-refractivity contribution in [2.24, 2.45) is 0 Å². The van der Waals surface area contributed by atoms with E-state index in [1.807, 2.05) is 39.8 Å². The minimum absolute atomic E-state index is 0.0999. The molecule has 0 aliphatic rings. The fourth-order valence-corrected chi connectivity index (χ4v) is 5.34. The summed E-state index contributed by atoms with van der Waals surface area (Å²) in [5, 5.41) is 4.52. The molecule has 0 aliphatic heterocycles. The molecule has 0 bridgehead atoms. The molecule has 0 spiro atoms. The maximum Gasteiger partial charge on any atom is 0.263 e. The van der Waals surface area contributed by atoms with Crippen molar-refractivity contribution in [1.82, 2.24) is 9.55 Å². The Morgan fingerprint density at radius 3 is 2.72 bits per heavy atom. The molecule has 0 aliphatic carbocycles. The van der Waals surface area contributed by atoms with E-state index in [1.54, 1.807) is 10.6 Å². The number of halogens is 1. The van der Waals surface area contributed by atoms with Gasteiger partial charge in [0.15, 0.2) is 5.16 Å². The number of benzene rings is 1. The summed E-state index contributed by atoms with van der Waals surface area (Å²) in [6.07, 6.45) is 1.66. The molecule has 0 saturated carbocycles. The third-order valence-electron chi connectivity index (χ3n) is 4.59. The van der Waals surface area contributed by atoms with Crippen LogP contribution >= 0.6 is 34.7 Å². The first-order chi connectivity index (χ1) is 13.7. The number of fused-ring (bicyclic) bond motifs is 1. The fourth-order valence-electron chi connectivity index (χ4n) is 3.09. The van der Waals surface area contributed by atoms with Crippen LogP contribution in [0.15, 0.2) is 34.7 Å². The molecule has 1 aromatic carbocycles. The number of carbonyl (C=O) groups is 1. The van der Waals surface area contributed by atoms with Gasteiger partial charge in [-0.15, -0.1) is 17.9 Å². The van der Waals surface area contributed by atoms with Crippen molar-refractivity contribution in [1.29, 1.82) is 0 Å². The highest BCUT2D eigenvalue weighted by Crippen LogP contribution is 2.30. The Bertz CT molecular complexity index is 1160. The molecule has 29 heavy (non-hydrogen) atoms. The van der Waals surface area contributed by atoms with Gasteiger partial charge in [0, 0.05) is 11.4 Å². The molecule has 0 fully saturated rings. The molecular formula is C21H22ClN3O2S2. The molecule has 0 radical (unpaired) electrons. The van der Waals surface area contributed by atoms with Crippen LogP contribution in [0.3, 0.4) is 0 Å². The van der Waals surface area contributed by atoms with Crippen molar-refractivity contribution >= 4 is 56.5 Å². The molecule has 3 aromatic rings. The SMILES string of the molecule is C=CCn1c(SCC(=O)Nc2c(C)cc(C)cc2Cl)nc2sc(C)c(C)c2c1=O. The second-order valence-corrected chi connectivity index (χ2v) is 9.39. The Kier molecular flexibility index (Phi) is 6.51. The second kappa shape index (κ2) is 8.73. The minimum atomic E-state index is -0.207. The van der Waals surface area contributed by atoms with Gasteiger partial charge in [-0.1, -0.05) is 35.5 Å². The van der Waals surface area contributed by atoms with E-state index in [9.17, 15) is 9.59 Å². The molecule has 1 N–H and O–H groups in total. The third kappa shape index (κ3) is 4.42. The number of thioether (sulfide) groups is 1. The van der Waals surface area contributed by atoms with E-state index in [1.165, 1.54) is 23.1 Å². The predicted molar refractivity (Wildman–Crippen MR) is 124 cm³/mol. The fraction of sp³-hybridized carbons (Fsp3) is 0.286. The quantitative estimate of drug-likeness (QED) is 0.318. The molecule has 3 rings (SSSR count). The van der Waals surface area contributed by atoms with Crippen molar-refractivity contribution in [3.63, 3.8) is 0 Å². The average molecular weight is 448 g/mol. The number of allylic oxidation sites excluding steroid dienone is 1. The summed E-state index contributed by atoms with van der Waals surface area (Å²) in [6, 6.07) is 3.78. The zero-order chi connectivity index (χ0) is 21.3. The smallest absolute Gasteiger partial charge is 0.263 e. The molecule has 1 amide bonds. The number of hydrogen-bond donors (Lipinski definition) is 1. The van der Waals surface area contributed by atoms with E-state index in [2.05, 4.69) is 16.9 Å². The summed E-state index contributed by atoms with van der Waals surface area (Å²) in [4.78, 5) is 31.9. The monoisotopic (exact) mass is 447 g/mol. The highest BCUT2D eigenvalue weighted by molar-refractivity contribution is 7.99. The number of amides is 1. The summed E-state index contributed by atoms with van der Waals surface area (Å²) in [6.45, 7) is 11.8. The molecular weight excluding hydrogens is 426 g/mol. The first kappa shape index (κ1) is 21.6. The van der Waals surface area contributed by atoms with Crippen LogP contribution in [0.25, 0.3) is 10.2 Å². The molecule has 0 unspecified atom stereocenters. The van der Waals surface area contributed by atoms with Crippen molar-refractivity contribution in [3.8, 4) is 0 Å². The van der Waals surface area contributed by atoms with Crippen LogP contribution in [0.1, 0.15) is 21.6 Å². The number of aryl methyl sites for hydroxylation is 4. The summed E-state index contributed by atoms with van der Waals surface area (Å²) in [5.41, 5.74) is 3.41. The maximum atomic E-state index is 13.0. The van der Waals surface area contributed by atoms with Gasteiger partial charge in [0.05, 0.1) is 21.8 Å². The predicted octanol–water partition coefficient (Wildman–Crippen LogP) is 5.26. The molecule has 152 valence electrons. The standard InChI is InChI=1S/C21H22ClN3O2S2/c1-6-7-25-20(27)17-13(4)14(5)29-19(17)24-21(25)28-10-16(26)23-18-12(3)8-11(2)9-15(18)22/h6,8-9H,1,7,10H2,2-5H3,(H,23,26). The van der Waals surface area contributed by atoms with Gasteiger partial charge in [-0.05, 0) is 50.5 Å². The number of hydrogen-bond acceptors (Lipinski definition) is 5. The number of rotatable bonds is 6. The molecule has 2 aromatic heterocycles. The number of aromatic nitrogens is 2. The number of nitrogens with one attached hydrogen (secondary N) is 1. The molecule has 2 heterocycles. The zero-order valence-electron chi connectivity index (χ0n) is 16.8. The van der Waals surface area contributed by atoms with Gasteiger partial charge in [0.1, 0.15) is 4.83 Å². The number of thiophene rings is 1. The van der Waals surface area contributed by atoms with Crippen molar-refractivity contribution in [2.45, 2.75) is 39.4 Å². The molecule has 0 saturated heterocycles. The average Bonchev–Trinajstić information content (AvgIpc) is 2.93. The van der Waals surface area contributed by atoms with Gasteiger partial charge >= 0.3 is 0 Å². The van der Waals surface area contributed by atoms with Gasteiger partial charge < -0.3 is 5.32 Å². The number of carbonyl (C=O) groups excluding carboxylic acids is 1. The van der Waals surface area contributed by atoms with Crippen LogP contribution in [-0.4, -0.2) is 21.2 Å². The lowest BCUT2D eigenvalue weighted by atomic mass is 10.1. The highest BCUT2D eigenvalue weighted by atomic mass is 35.5. The summed E-state index contributed by atoms with van der Waals surface area (Å²) in [5.74, 6) is -0.0934. The Labute approximate surface area is 182 Å². The third-order valence-corrected chi connectivity index (χ3v) is 6.97. The summed E-state index contributed by atoms with van der Waals surface area (Å²) < 4.78 is 1.57. The van der Waals surface area contributed by atoms with Crippen LogP contribution in [-0.2, 0) is 11.3 Å². The van der Waals surface area contributed by atoms with E-state index in [0.29, 0.717) is 32.6 Å². The lowest BCUT2D eigenvalue weighted by Gasteiger charge is -2.13. The second-order valence-electron chi connectivity index (χ2n) is 6.84. The van der Waals surface area contributed by atoms with Gasteiger partial charge in [-0.25, -0.2) is 4.98 Å². The maximum absolute atomic E-state index is 13.0. The van der Waals surface area contributed by atoms with Crippen LogP contribution in [0, 0.1) is 27.7 Å². The van der Waals surface area contributed by atoms with Gasteiger partial charge in [-0.3, -0.25) is 14.2 Å². The number of anilines is 1. The van der Waals surface area contributed by atoms with Crippen LogP contribution in [0.2, 0.25) is 5.02 Å². The van der Waals surface area contributed by atoms with Crippen LogP contribution in [0.5, 0.6) is 0 Å². The molecule has 5 nitrogen and oxygen atoms in total. The van der Waals surface area contributed by atoms with Gasteiger partial charge in [0.25, 0.3) is 5.56 Å². The Morgan fingerprint density at radius 2 is 2.07 bits per heavy atom. The van der Waals surface area contributed by atoms with Crippen LogP contribution in [0.4, 0.5) is 5.69 Å². The topological polar surface area (TPSA) is 64.0 Å². The summed E-state index contributed by atoms with van der Waals surface area (Å²) in [7, 11) is 0. The highest BCUT2D eigenvalue weighted by Gasteiger charge is 2.17. The number of nitrogens with zero attached hydrogens (tertiary/aromatic N) is 2. The van der Waals surface area contributed by atoms with E-state index in [-0.39, 0.29) is 17.2 Å². The van der Waals surface area contributed by atoms with Crippen molar-refractivity contribution < 1.29 is 4.79 Å². The Balaban J connectivity index is 1.86. The lowest BCUT2D eigenvalue weighted by molar-refractivity contribution is -0.113. The minimum Gasteiger partial charge on any atom is -0.324 e. The van der Waals surface area contributed by atoms with Gasteiger partial charge in [-0.2, -0.15) is 0 Å². The normalized spacial score (nSPS) is 11.1. The van der Waals surface area contributed by atoms with E-state index in [4.69, 9.17) is 11.6 Å². The molecule has 8 heteroatoms. The Morgan fingerprint density at radius 1 is 1.34 bits per heavy atom. The Hall–Kier alpha value is -2.09. The van der Waals surface area contributed by atoms with Gasteiger partial charge in [0.2, 0.25) is 5.91 Å². The first-order valence-electron chi connectivity index (χ1n) is 9.03. The van der Waals surface area contributed by atoms with Crippen molar-refractivity contribution in [3.05, 3.63) is 61.7 Å². The zero-order valence-corrected chi connectivity index (χ0v) is 19.1. The van der Waals surface area contributed by atoms with Crippen molar-refractivity contribution in [2.75, 3.05) is 11.1 Å². The first-order valence-corrected chi connectivity index (χ1v) is 11.2. The summed E-state index contributed by atoms with van der Waals surface area (Å²) >= 11 is 9.00. The molecule has 0 atom stereocenters. The van der Waals surface area contributed by atoms with E-state index >= 15 is 0 Å². The van der Waals surface area contributed by atoms with Crippen LogP contribution < -0.4 is 10.9 Å². The van der Waals surface area contributed by atoms with E-state index in [0.717, 1.165) is 21.6 Å². The van der Waals surface area contributed by atoms with E-state index < -0.39 is 0 Å².